The summed E-state index contributed by atoms with van der Waals surface area (Å²) in [6.07, 6.45) is 0. The van der Waals surface area contributed by atoms with Crippen molar-refractivity contribution >= 4 is 17.0 Å². The van der Waals surface area contributed by atoms with E-state index in [-0.39, 0.29) is 0 Å². The summed E-state index contributed by atoms with van der Waals surface area (Å²) >= 11 is 0. The number of benzene rings is 2. The van der Waals surface area contributed by atoms with E-state index >= 15 is 0 Å². The van der Waals surface area contributed by atoms with E-state index in [0.717, 1.165) is 16.8 Å². The Morgan fingerprint density at radius 1 is 1.00 bits per heavy atom. The Kier molecular flexibility index (Phi) is 3.16. The number of fused-ring (bicyclic) bond motifs is 1. The average molecular weight is 269 g/mol. The Hall–Kier alpha value is -2.69. The maximum atomic E-state index is 6.04. The van der Waals surface area contributed by atoms with Crippen LogP contribution in [0.25, 0.3) is 11.0 Å². The number of nitrogen functional groups attached to an aromatic ring is 2. The molecule has 0 spiro atoms. The van der Waals surface area contributed by atoms with Gasteiger partial charge in [-0.25, -0.2) is 4.57 Å². The molecule has 0 atom stereocenters. The fourth-order valence-electron chi connectivity index (χ4n) is 2.28. The normalized spacial score (nSPS) is 10.8. The molecule has 0 amide bonds. The Labute approximate surface area is 117 Å². The third kappa shape index (κ3) is 2.14. The topological polar surface area (TPSA) is 70.1 Å². The van der Waals surface area contributed by atoms with Crippen molar-refractivity contribution in [1.82, 2.24) is 4.68 Å². The molecule has 0 unspecified atom stereocenters. The summed E-state index contributed by atoms with van der Waals surface area (Å²) in [5.74, 6) is 7.32. The second-order valence-corrected chi connectivity index (χ2v) is 4.53. The number of imidazole rings is 1. The van der Waals surface area contributed by atoms with E-state index in [2.05, 4.69) is 0 Å². The molecule has 0 fully saturated rings. The van der Waals surface area contributed by atoms with Crippen LogP contribution in [0.3, 0.4) is 0 Å². The number of nitrogens with zero attached hydrogens (tertiary/aromatic N) is 2. The lowest BCUT2D eigenvalue weighted by atomic mass is 10.3. The zero-order valence-corrected chi connectivity index (χ0v) is 11.1. The highest BCUT2D eigenvalue weighted by Gasteiger charge is 2.18. The van der Waals surface area contributed by atoms with Gasteiger partial charge >= 0.3 is 5.95 Å². The minimum absolute atomic E-state index is 0.517. The third-order valence-corrected chi connectivity index (χ3v) is 3.28. The molecule has 0 radical (unpaired) electrons. The zero-order chi connectivity index (χ0) is 13.9. The molecule has 3 rings (SSSR count). The van der Waals surface area contributed by atoms with Crippen molar-refractivity contribution in [3.05, 3.63) is 54.6 Å². The Morgan fingerprint density at radius 3 is 2.50 bits per heavy atom. The molecule has 5 nitrogen and oxygen atoms in total. The summed E-state index contributed by atoms with van der Waals surface area (Å²) in [7, 11) is 0. The highest BCUT2D eigenvalue weighted by Crippen LogP contribution is 2.13. The summed E-state index contributed by atoms with van der Waals surface area (Å²) in [5.41, 5.74) is 7.95. The van der Waals surface area contributed by atoms with Crippen molar-refractivity contribution in [1.29, 1.82) is 0 Å². The van der Waals surface area contributed by atoms with Gasteiger partial charge in [-0.1, -0.05) is 30.3 Å². The molecule has 0 bridgehead atoms. The second-order valence-electron chi connectivity index (χ2n) is 4.53. The number of hydrogen-bond acceptors (Lipinski definition) is 3. The fraction of sp³-hybridized carbons (Fsp3) is 0.133. The van der Waals surface area contributed by atoms with Gasteiger partial charge in [0.25, 0.3) is 0 Å². The Bertz CT molecular complexity index is 721. The highest BCUT2D eigenvalue weighted by molar-refractivity contribution is 5.73. The van der Waals surface area contributed by atoms with E-state index in [0.29, 0.717) is 19.1 Å². The molecule has 0 saturated heterocycles. The summed E-state index contributed by atoms with van der Waals surface area (Å²) in [5, 5.41) is 0. The van der Waals surface area contributed by atoms with E-state index < -0.39 is 0 Å². The maximum Gasteiger partial charge on any atom is 0.378 e. The van der Waals surface area contributed by atoms with Crippen LogP contribution in [0.5, 0.6) is 5.75 Å². The first kappa shape index (κ1) is 12.3. The van der Waals surface area contributed by atoms with Gasteiger partial charge in [0, 0.05) is 0 Å². The lowest BCUT2D eigenvalue weighted by Gasteiger charge is -2.05. The van der Waals surface area contributed by atoms with Crippen LogP contribution >= 0.6 is 0 Å². The molecule has 3 aromatic rings. The molecular weight excluding hydrogens is 252 g/mol. The molecule has 1 heterocycles. The largest absolute Gasteiger partial charge is 0.490 e. The molecule has 102 valence electrons. The summed E-state index contributed by atoms with van der Waals surface area (Å²) in [6.45, 7) is 1.18. The van der Waals surface area contributed by atoms with Gasteiger partial charge in [0.1, 0.15) is 24.4 Å². The van der Waals surface area contributed by atoms with Gasteiger partial charge in [-0.15, -0.1) is 4.68 Å². The zero-order valence-electron chi connectivity index (χ0n) is 11.1. The van der Waals surface area contributed by atoms with Gasteiger partial charge in [-0.05, 0) is 24.3 Å². The van der Waals surface area contributed by atoms with Crippen LogP contribution in [0.15, 0.2) is 54.6 Å². The predicted octanol–water partition coefficient (Wildman–Crippen LogP) is 1.30. The SMILES string of the molecule is Nc1n(N)c2ccccc2[n+]1CCOc1ccccc1. The van der Waals surface area contributed by atoms with Gasteiger partial charge in [0.2, 0.25) is 0 Å². The van der Waals surface area contributed by atoms with E-state index in [1.807, 2.05) is 59.2 Å². The van der Waals surface area contributed by atoms with Gasteiger partial charge in [0.05, 0.1) is 0 Å². The first-order chi connectivity index (χ1) is 9.77. The molecule has 0 aliphatic carbocycles. The van der Waals surface area contributed by atoms with Crippen molar-refractivity contribution in [2.24, 2.45) is 0 Å². The van der Waals surface area contributed by atoms with E-state index in [1.165, 1.54) is 4.68 Å². The monoisotopic (exact) mass is 269 g/mol. The van der Waals surface area contributed by atoms with Crippen LogP contribution < -0.4 is 20.9 Å². The molecule has 5 heteroatoms. The van der Waals surface area contributed by atoms with Crippen molar-refractivity contribution in [3.8, 4) is 5.75 Å². The highest BCUT2D eigenvalue weighted by atomic mass is 16.5. The molecule has 20 heavy (non-hydrogen) atoms. The first-order valence-corrected chi connectivity index (χ1v) is 6.49. The summed E-state index contributed by atoms with van der Waals surface area (Å²) in [4.78, 5) is 0. The van der Waals surface area contributed by atoms with Crippen LogP contribution in [-0.4, -0.2) is 11.3 Å². The molecule has 0 saturated carbocycles. The minimum Gasteiger partial charge on any atom is -0.490 e. The number of rotatable bonds is 4. The van der Waals surface area contributed by atoms with Crippen molar-refractivity contribution in [2.75, 3.05) is 18.2 Å². The summed E-state index contributed by atoms with van der Waals surface area (Å²) in [6, 6.07) is 17.6. The van der Waals surface area contributed by atoms with Crippen LogP contribution in [-0.2, 0) is 6.54 Å². The molecule has 2 aromatic carbocycles. The number of hydrogen-bond donors (Lipinski definition) is 2. The second kappa shape index (κ2) is 5.13. The van der Waals surface area contributed by atoms with Gasteiger partial charge in [-0.3, -0.25) is 11.6 Å². The van der Waals surface area contributed by atoms with Gasteiger partial charge in [-0.2, -0.15) is 0 Å². The quantitative estimate of drug-likeness (QED) is 0.554. The Balaban J connectivity index is 1.79. The van der Waals surface area contributed by atoms with Crippen LogP contribution in [0, 0.1) is 0 Å². The molecular formula is C15H17N4O+. The lowest BCUT2D eigenvalue weighted by molar-refractivity contribution is -0.658. The van der Waals surface area contributed by atoms with Gasteiger partial charge < -0.3 is 4.74 Å². The lowest BCUT2D eigenvalue weighted by Crippen LogP contribution is -2.39. The van der Waals surface area contributed by atoms with Crippen molar-refractivity contribution in [3.63, 3.8) is 0 Å². The number of anilines is 1. The first-order valence-electron chi connectivity index (χ1n) is 6.49. The minimum atomic E-state index is 0.517. The van der Waals surface area contributed by atoms with Crippen LogP contribution in [0.1, 0.15) is 0 Å². The van der Waals surface area contributed by atoms with Gasteiger partial charge in [0.15, 0.2) is 5.52 Å². The van der Waals surface area contributed by atoms with E-state index in [4.69, 9.17) is 16.3 Å². The van der Waals surface area contributed by atoms with E-state index in [1.54, 1.807) is 0 Å². The molecule has 1 aromatic heterocycles. The standard InChI is InChI=1S/C15H16N4O/c16-15-18(10-11-20-12-6-2-1-3-7-12)13-8-4-5-9-14(13)19(15)17/h1-9,16H,10-11,17H2/p+1. The van der Waals surface area contributed by atoms with Crippen molar-refractivity contribution < 1.29 is 9.30 Å². The smallest absolute Gasteiger partial charge is 0.378 e. The maximum absolute atomic E-state index is 6.04. The third-order valence-electron chi connectivity index (χ3n) is 3.28. The Morgan fingerprint density at radius 2 is 1.70 bits per heavy atom. The van der Waals surface area contributed by atoms with Crippen LogP contribution in [0.2, 0.25) is 0 Å². The van der Waals surface area contributed by atoms with E-state index in [9.17, 15) is 0 Å². The number of aromatic nitrogens is 2. The average Bonchev–Trinajstić information content (AvgIpc) is 2.74. The number of ether oxygens (including phenoxy) is 1. The van der Waals surface area contributed by atoms with Crippen molar-refractivity contribution in [2.45, 2.75) is 6.54 Å². The number of nitrogens with two attached hydrogens (primary N) is 2. The fourth-order valence-corrected chi connectivity index (χ4v) is 2.28. The molecule has 0 aliphatic heterocycles. The molecule has 4 N–H and O–H groups in total. The molecule has 0 aliphatic rings. The van der Waals surface area contributed by atoms with Crippen LogP contribution in [0.4, 0.5) is 5.95 Å². The number of para-hydroxylation sites is 3. The summed E-state index contributed by atoms with van der Waals surface area (Å²) < 4.78 is 9.15. The predicted molar refractivity (Wildman–Crippen MR) is 78.6 cm³/mol.